The van der Waals surface area contributed by atoms with Crippen molar-refractivity contribution in [2.75, 3.05) is 23.3 Å². The number of nitrogens with one attached hydrogen (secondary N) is 1. The molecule has 0 saturated heterocycles. The number of hydrogen-bond donors (Lipinski definition) is 1. The normalized spacial score (nSPS) is 11.0. The molecule has 0 unspecified atom stereocenters. The van der Waals surface area contributed by atoms with Gasteiger partial charge in [0.15, 0.2) is 5.01 Å². The van der Waals surface area contributed by atoms with Crippen molar-refractivity contribution in [3.8, 4) is 10.6 Å². The molecule has 148 valence electrons. The molecule has 0 aliphatic heterocycles. The van der Waals surface area contributed by atoms with Crippen LogP contribution in [0, 0.1) is 0 Å². The van der Waals surface area contributed by atoms with Crippen LogP contribution in [0.4, 0.5) is 10.8 Å². The molecule has 0 aliphatic rings. The molecular weight excluding hydrogens is 384 g/mol. The smallest absolute Gasteiger partial charge is 0.346 e. The van der Waals surface area contributed by atoms with Crippen LogP contribution < -0.4 is 15.8 Å². The first-order valence-electron chi connectivity index (χ1n) is 9.62. The number of nitrogens with zero attached hydrogens (tertiary/aromatic N) is 3. The Labute approximate surface area is 172 Å². The summed E-state index contributed by atoms with van der Waals surface area (Å²) in [7, 11) is 0. The maximum absolute atomic E-state index is 12.6. The monoisotopic (exact) mass is 406 g/mol. The largest absolute Gasteiger partial charge is 0.422 e. The lowest BCUT2D eigenvalue weighted by Crippen LogP contribution is -2.21. The molecule has 0 saturated carbocycles. The van der Waals surface area contributed by atoms with E-state index in [2.05, 4.69) is 34.3 Å². The molecule has 0 radical (unpaired) electrons. The topological polar surface area (TPSA) is 71.3 Å². The Balaban J connectivity index is 1.59. The molecule has 1 N–H and O–H groups in total. The predicted octanol–water partition coefficient (Wildman–Crippen LogP) is 4.77. The van der Waals surface area contributed by atoms with Gasteiger partial charge in [-0.3, -0.25) is 0 Å². The minimum Gasteiger partial charge on any atom is -0.422 e. The van der Waals surface area contributed by atoms with Crippen molar-refractivity contribution in [1.82, 2.24) is 10.2 Å². The fourth-order valence-electron chi connectivity index (χ4n) is 3.21. The summed E-state index contributed by atoms with van der Waals surface area (Å²) in [5.41, 5.74) is 2.80. The lowest BCUT2D eigenvalue weighted by molar-refractivity contribution is 0.563. The summed E-state index contributed by atoms with van der Waals surface area (Å²) in [6.45, 7) is 6.65. The fraction of sp³-hybridized carbons (Fsp3) is 0.227. The Morgan fingerprint density at radius 2 is 1.83 bits per heavy atom. The highest BCUT2D eigenvalue weighted by Crippen LogP contribution is 2.28. The highest BCUT2D eigenvalue weighted by molar-refractivity contribution is 7.18. The van der Waals surface area contributed by atoms with Crippen LogP contribution in [0.5, 0.6) is 0 Å². The van der Waals surface area contributed by atoms with E-state index in [0.29, 0.717) is 27.8 Å². The van der Waals surface area contributed by atoms with Gasteiger partial charge in [0.25, 0.3) is 0 Å². The Bertz CT molecular complexity index is 1170. The fourth-order valence-corrected chi connectivity index (χ4v) is 3.95. The van der Waals surface area contributed by atoms with Crippen molar-refractivity contribution in [2.24, 2.45) is 0 Å². The van der Waals surface area contributed by atoms with Crippen molar-refractivity contribution < 1.29 is 4.42 Å². The molecule has 6 nitrogen and oxygen atoms in total. The highest BCUT2D eigenvalue weighted by atomic mass is 32.1. The van der Waals surface area contributed by atoms with E-state index >= 15 is 0 Å². The quantitative estimate of drug-likeness (QED) is 0.446. The van der Waals surface area contributed by atoms with Gasteiger partial charge in [-0.25, -0.2) is 4.79 Å². The summed E-state index contributed by atoms with van der Waals surface area (Å²) in [6, 6.07) is 17.8. The maximum atomic E-state index is 12.6. The van der Waals surface area contributed by atoms with Crippen LogP contribution in [0.25, 0.3) is 21.5 Å². The summed E-state index contributed by atoms with van der Waals surface area (Å²) >= 11 is 1.34. The van der Waals surface area contributed by atoms with Crippen LogP contribution >= 0.6 is 11.3 Å². The van der Waals surface area contributed by atoms with Crippen LogP contribution in [-0.4, -0.2) is 23.3 Å². The number of aromatic nitrogens is 2. The maximum Gasteiger partial charge on any atom is 0.346 e. The van der Waals surface area contributed by atoms with Crippen LogP contribution in [0.1, 0.15) is 19.4 Å². The summed E-state index contributed by atoms with van der Waals surface area (Å²) in [6.07, 6.45) is 0. The van der Waals surface area contributed by atoms with Crippen LogP contribution in [0.3, 0.4) is 0 Å². The Hall–Kier alpha value is -3.19. The molecule has 2 aromatic heterocycles. The molecule has 4 aromatic rings. The molecule has 4 rings (SSSR count). The number of rotatable bonds is 7. The van der Waals surface area contributed by atoms with Crippen LogP contribution in [-0.2, 0) is 6.54 Å². The van der Waals surface area contributed by atoms with Gasteiger partial charge in [-0.1, -0.05) is 41.7 Å². The molecule has 2 aromatic carbocycles. The van der Waals surface area contributed by atoms with E-state index in [1.807, 2.05) is 54.6 Å². The number of anilines is 2. The Kier molecular flexibility index (Phi) is 5.57. The minimum absolute atomic E-state index is 0.403. The number of hydrogen-bond acceptors (Lipinski definition) is 7. The zero-order valence-electron chi connectivity index (χ0n) is 16.4. The third-order valence-corrected chi connectivity index (χ3v) is 5.70. The van der Waals surface area contributed by atoms with E-state index in [9.17, 15) is 4.79 Å². The zero-order chi connectivity index (χ0) is 20.2. The van der Waals surface area contributed by atoms with Crippen LogP contribution in [0.15, 0.2) is 63.8 Å². The molecule has 0 amide bonds. The standard InChI is InChI=1S/C22H22N4O2S/c1-3-26(4-2)17-11-10-16-12-18(21(27)28-19(16)13-17)20-24-25-22(29-20)23-14-15-8-6-5-7-9-15/h5-13H,3-4,14H2,1-2H3,(H,23,25). The van der Waals surface area contributed by atoms with Crippen LogP contribution in [0.2, 0.25) is 0 Å². The average Bonchev–Trinajstić information content (AvgIpc) is 3.22. The van der Waals surface area contributed by atoms with Crippen molar-refractivity contribution >= 4 is 33.1 Å². The number of benzene rings is 2. The molecule has 0 fully saturated rings. The predicted molar refractivity (Wildman–Crippen MR) is 119 cm³/mol. The van der Waals surface area contributed by atoms with Gasteiger partial charge in [0, 0.05) is 36.8 Å². The van der Waals surface area contributed by atoms with Gasteiger partial charge in [0.2, 0.25) is 5.13 Å². The third-order valence-electron chi connectivity index (χ3n) is 4.79. The molecular formula is C22H22N4O2S. The van der Waals surface area contributed by atoms with E-state index in [1.54, 1.807) is 0 Å². The molecule has 0 bridgehead atoms. The summed E-state index contributed by atoms with van der Waals surface area (Å²) < 4.78 is 5.60. The van der Waals surface area contributed by atoms with Crippen molar-refractivity contribution in [2.45, 2.75) is 20.4 Å². The first-order valence-corrected chi connectivity index (χ1v) is 10.4. The molecule has 0 spiro atoms. The van der Waals surface area contributed by atoms with E-state index in [1.165, 1.54) is 11.3 Å². The Morgan fingerprint density at radius 1 is 1.03 bits per heavy atom. The average molecular weight is 407 g/mol. The molecule has 0 atom stereocenters. The molecule has 29 heavy (non-hydrogen) atoms. The van der Waals surface area contributed by atoms with E-state index in [4.69, 9.17) is 4.42 Å². The first kappa shape index (κ1) is 19.1. The minimum atomic E-state index is -0.403. The third kappa shape index (κ3) is 4.14. The van der Waals surface area contributed by atoms with Gasteiger partial charge in [0.05, 0.1) is 5.56 Å². The molecule has 2 heterocycles. The second-order valence-electron chi connectivity index (χ2n) is 6.59. The van der Waals surface area contributed by atoms with Crippen molar-refractivity contribution in [3.63, 3.8) is 0 Å². The first-order chi connectivity index (χ1) is 14.2. The van der Waals surface area contributed by atoms with Gasteiger partial charge in [-0.05, 0) is 37.6 Å². The zero-order valence-corrected chi connectivity index (χ0v) is 17.2. The van der Waals surface area contributed by atoms with E-state index in [0.717, 1.165) is 29.7 Å². The SMILES string of the molecule is CCN(CC)c1ccc2cc(-c3nnc(NCc4ccccc4)s3)c(=O)oc2c1. The molecule has 7 heteroatoms. The summed E-state index contributed by atoms with van der Waals surface area (Å²) in [5, 5.41) is 13.7. The van der Waals surface area contributed by atoms with Gasteiger partial charge in [-0.2, -0.15) is 0 Å². The van der Waals surface area contributed by atoms with Crippen molar-refractivity contribution in [1.29, 1.82) is 0 Å². The summed E-state index contributed by atoms with van der Waals surface area (Å²) in [5.74, 6) is 0. The van der Waals surface area contributed by atoms with Crippen molar-refractivity contribution in [3.05, 3.63) is 70.6 Å². The molecule has 0 aliphatic carbocycles. The Morgan fingerprint density at radius 3 is 2.59 bits per heavy atom. The van der Waals surface area contributed by atoms with E-state index in [-0.39, 0.29) is 0 Å². The summed E-state index contributed by atoms with van der Waals surface area (Å²) in [4.78, 5) is 14.8. The lowest BCUT2D eigenvalue weighted by Gasteiger charge is -2.20. The second kappa shape index (κ2) is 8.45. The second-order valence-corrected chi connectivity index (χ2v) is 7.57. The highest BCUT2D eigenvalue weighted by Gasteiger charge is 2.14. The van der Waals surface area contributed by atoms with Gasteiger partial charge >= 0.3 is 5.63 Å². The lowest BCUT2D eigenvalue weighted by atomic mass is 10.1. The van der Waals surface area contributed by atoms with Gasteiger partial charge in [0.1, 0.15) is 5.58 Å². The van der Waals surface area contributed by atoms with E-state index < -0.39 is 5.63 Å². The van der Waals surface area contributed by atoms with Gasteiger partial charge in [-0.15, -0.1) is 10.2 Å². The van der Waals surface area contributed by atoms with Gasteiger partial charge < -0.3 is 14.6 Å². The number of fused-ring (bicyclic) bond motifs is 1.